The molecule has 2 N–H and O–H groups in total. The first kappa shape index (κ1) is 15.0. The van der Waals surface area contributed by atoms with Crippen LogP contribution in [0.25, 0.3) is 0 Å². The lowest BCUT2D eigenvalue weighted by molar-refractivity contribution is 0.319. The highest BCUT2D eigenvalue weighted by Crippen LogP contribution is 2.21. The van der Waals surface area contributed by atoms with Crippen molar-refractivity contribution >= 4 is 28.5 Å². The Balaban J connectivity index is 2.09. The van der Waals surface area contributed by atoms with Crippen molar-refractivity contribution in [2.75, 3.05) is 14.2 Å². The van der Waals surface area contributed by atoms with Gasteiger partial charge in [0.05, 0.1) is 12.7 Å². The van der Waals surface area contributed by atoms with Crippen molar-refractivity contribution in [3.8, 4) is 5.75 Å². The summed E-state index contributed by atoms with van der Waals surface area (Å²) in [6.45, 7) is 1.77. The SMILES string of the molecule is COc1ccc(CN(C)Cc2ccsc2)cc1C(N)=S. The summed E-state index contributed by atoms with van der Waals surface area (Å²) in [5.74, 6) is 0.724. The molecule has 0 bridgehead atoms. The summed E-state index contributed by atoms with van der Waals surface area (Å²) in [5, 5.41) is 4.27. The summed E-state index contributed by atoms with van der Waals surface area (Å²) in [6, 6.07) is 8.12. The van der Waals surface area contributed by atoms with Gasteiger partial charge in [-0.3, -0.25) is 4.90 Å². The fourth-order valence-electron chi connectivity index (χ4n) is 2.11. The Bertz CT molecular complexity index is 582. The lowest BCUT2D eigenvalue weighted by Crippen LogP contribution is -2.18. The van der Waals surface area contributed by atoms with Gasteiger partial charge in [0.15, 0.2) is 0 Å². The van der Waals surface area contributed by atoms with E-state index in [-0.39, 0.29) is 0 Å². The van der Waals surface area contributed by atoms with E-state index in [0.717, 1.165) is 24.4 Å². The van der Waals surface area contributed by atoms with Crippen molar-refractivity contribution in [1.29, 1.82) is 0 Å². The molecule has 1 aromatic heterocycles. The smallest absolute Gasteiger partial charge is 0.129 e. The largest absolute Gasteiger partial charge is 0.496 e. The predicted molar refractivity (Wildman–Crippen MR) is 88.4 cm³/mol. The number of thiophene rings is 1. The first-order valence-corrected chi connectivity index (χ1v) is 7.61. The van der Waals surface area contributed by atoms with Crippen LogP contribution >= 0.6 is 23.6 Å². The summed E-state index contributed by atoms with van der Waals surface area (Å²) in [4.78, 5) is 2.62. The van der Waals surface area contributed by atoms with E-state index >= 15 is 0 Å². The number of methoxy groups -OCH3 is 1. The van der Waals surface area contributed by atoms with E-state index in [9.17, 15) is 0 Å². The zero-order valence-corrected chi connectivity index (χ0v) is 13.3. The molecule has 0 aliphatic rings. The molecule has 0 aliphatic heterocycles. The van der Waals surface area contributed by atoms with Gasteiger partial charge in [0.2, 0.25) is 0 Å². The number of rotatable bonds is 6. The molecule has 0 fully saturated rings. The van der Waals surface area contributed by atoms with Crippen LogP contribution in [0.3, 0.4) is 0 Å². The quantitative estimate of drug-likeness (QED) is 0.833. The topological polar surface area (TPSA) is 38.5 Å². The van der Waals surface area contributed by atoms with Gasteiger partial charge in [-0.25, -0.2) is 0 Å². The molecular weight excluding hydrogens is 288 g/mol. The van der Waals surface area contributed by atoms with E-state index in [4.69, 9.17) is 22.7 Å². The Morgan fingerprint density at radius 2 is 2.05 bits per heavy atom. The van der Waals surface area contributed by atoms with E-state index < -0.39 is 0 Å². The Labute approximate surface area is 129 Å². The molecule has 20 heavy (non-hydrogen) atoms. The summed E-state index contributed by atoms with van der Waals surface area (Å²) in [7, 11) is 3.72. The highest BCUT2D eigenvalue weighted by atomic mass is 32.1. The van der Waals surface area contributed by atoms with E-state index in [1.54, 1.807) is 18.4 Å². The number of thiocarbonyl (C=S) groups is 1. The lowest BCUT2D eigenvalue weighted by Gasteiger charge is -2.17. The molecule has 5 heteroatoms. The highest BCUT2D eigenvalue weighted by Gasteiger charge is 2.09. The zero-order valence-electron chi connectivity index (χ0n) is 11.6. The van der Waals surface area contributed by atoms with Gasteiger partial charge in [0.1, 0.15) is 10.7 Å². The Kier molecular flexibility index (Phi) is 5.11. The average Bonchev–Trinajstić information content (AvgIpc) is 2.91. The van der Waals surface area contributed by atoms with Crippen LogP contribution in [0.2, 0.25) is 0 Å². The fourth-order valence-corrected chi connectivity index (χ4v) is 2.93. The van der Waals surface area contributed by atoms with Gasteiger partial charge >= 0.3 is 0 Å². The maximum absolute atomic E-state index is 5.74. The molecule has 0 saturated carbocycles. The molecule has 0 atom stereocenters. The standard InChI is InChI=1S/C15H18N2OS2/c1-17(9-12-5-6-20-10-12)8-11-3-4-14(18-2)13(7-11)15(16)19/h3-7,10H,8-9H2,1-2H3,(H2,16,19). The third-order valence-electron chi connectivity index (χ3n) is 3.01. The number of nitrogens with zero attached hydrogens (tertiary/aromatic N) is 1. The van der Waals surface area contributed by atoms with Crippen LogP contribution in [0.15, 0.2) is 35.0 Å². The van der Waals surface area contributed by atoms with Crippen molar-refractivity contribution in [2.45, 2.75) is 13.1 Å². The third-order valence-corrected chi connectivity index (χ3v) is 3.97. The first-order chi connectivity index (χ1) is 9.60. The van der Waals surface area contributed by atoms with Gasteiger partial charge < -0.3 is 10.5 Å². The van der Waals surface area contributed by atoms with Crippen LogP contribution in [0.1, 0.15) is 16.7 Å². The van der Waals surface area contributed by atoms with Crippen molar-refractivity contribution in [3.63, 3.8) is 0 Å². The zero-order chi connectivity index (χ0) is 14.5. The molecule has 0 amide bonds. The normalized spacial score (nSPS) is 10.8. The second kappa shape index (κ2) is 6.83. The molecule has 0 unspecified atom stereocenters. The van der Waals surface area contributed by atoms with Gasteiger partial charge in [-0.1, -0.05) is 18.3 Å². The molecule has 3 nitrogen and oxygen atoms in total. The minimum absolute atomic E-state index is 0.365. The average molecular weight is 306 g/mol. The molecule has 106 valence electrons. The maximum Gasteiger partial charge on any atom is 0.129 e. The second-order valence-corrected chi connectivity index (χ2v) is 5.92. The molecule has 0 saturated heterocycles. The van der Waals surface area contributed by atoms with Crippen molar-refractivity contribution < 1.29 is 4.74 Å². The summed E-state index contributed by atoms with van der Waals surface area (Å²) in [6.07, 6.45) is 0. The van der Waals surface area contributed by atoms with E-state index in [1.807, 2.05) is 18.2 Å². The van der Waals surface area contributed by atoms with Gasteiger partial charge in [0, 0.05) is 13.1 Å². The Morgan fingerprint density at radius 3 is 2.65 bits per heavy atom. The second-order valence-electron chi connectivity index (χ2n) is 4.70. The minimum atomic E-state index is 0.365. The summed E-state index contributed by atoms with van der Waals surface area (Å²) >= 11 is 6.79. The van der Waals surface area contributed by atoms with Gasteiger partial charge in [-0.05, 0) is 47.1 Å². The van der Waals surface area contributed by atoms with Gasteiger partial charge in [0.25, 0.3) is 0 Å². The van der Waals surface area contributed by atoms with Gasteiger partial charge in [-0.15, -0.1) is 0 Å². The molecule has 0 aliphatic carbocycles. The number of nitrogens with two attached hydrogens (primary N) is 1. The molecule has 0 spiro atoms. The van der Waals surface area contributed by atoms with E-state index in [0.29, 0.717) is 4.99 Å². The monoisotopic (exact) mass is 306 g/mol. The van der Waals surface area contributed by atoms with Crippen LogP contribution < -0.4 is 10.5 Å². The van der Waals surface area contributed by atoms with Crippen LogP contribution in [0.4, 0.5) is 0 Å². The number of hydrogen-bond acceptors (Lipinski definition) is 4. The molecule has 0 radical (unpaired) electrons. The van der Waals surface area contributed by atoms with E-state index in [1.165, 1.54) is 11.1 Å². The summed E-state index contributed by atoms with van der Waals surface area (Å²) < 4.78 is 5.27. The number of hydrogen-bond donors (Lipinski definition) is 1. The van der Waals surface area contributed by atoms with Crippen LogP contribution in [0.5, 0.6) is 5.75 Å². The summed E-state index contributed by atoms with van der Waals surface area (Å²) in [5.41, 5.74) is 9.04. The van der Waals surface area contributed by atoms with Crippen molar-refractivity contribution in [2.24, 2.45) is 5.73 Å². The Morgan fingerprint density at radius 1 is 1.30 bits per heavy atom. The molecule has 2 rings (SSSR count). The number of benzene rings is 1. The van der Waals surface area contributed by atoms with Crippen LogP contribution in [0, 0.1) is 0 Å². The van der Waals surface area contributed by atoms with Crippen molar-refractivity contribution in [3.05, 3.63) is 51.7 Å². The Hall–Kier alpha value is -1.43. The number of ether oxygens (including phenoxy) is 1. The first-order valence-electron chi connectivity index (χ1n) is 6.26. The minimum Gasteiger partial charge on any atom is -0.496 e. The van der Waals surface area contributed by atoms with Crippen molar-refractivity contribution in [1.82, 2.24) is 4.90 Å². The highest BCUT2D eigenvalue weighted by molar-refractivity contribution is 7.80. The van der Waals surface area contributed by atoms with E-state index in [2.05, 4.69) is 28.8 Å². The van der Waals surface area contributed by atoms with Gasteiger partial charge in [-0.2, -0.15) is 11.3 Å². The van der Waals surface area contributed by atoms with Crippen LogP contribution in [-0.2, 0) is 13.1 Å². The maximum atomic E-state index is 5.74. The molecule has 1 heterocycles. The molecule has 1 aromatic carbocycles. The predicted octanol–water partition coefficient (Wildman–Crippen LogP) is 3.02. The third kappa shape index (κ3) is 3.79. The van der Waals surface area contributed by atoms with Crippen LogP contribution in [-0.4, -0.2) is 24.0 Å². The fraction of sp³-hybridized carbons (Fsp3) is 0.267. The molecular formula is C15H18N2OS2. The lowest BCUT2D eigenvalue weighted by atomic mass is 10.1. The molecule has 2 aromatic rings.